The molecule has 0 aliphatic carbocycles. The maximum Gasteiger partial charge on any atom is 0.0972 e. The lowest BCUT2D eigenvalue weighted by atomic mass is 10.0. The molecule has 0 saturated heterocycles. The van der Waals surface area contributed by atoms with Gasteiger partial charge in [-0.05, 0) is 24.8 Å². The second-order valence-electron chi connectivity index (χ2n) is 4.99. The summed E-state index contributed by atoms with van der Waals surface area (Å²) in [7, 11) is 1.64. The fraction of sp³-hybridized carbons (Fsp3) is 0.438. The van der Waals surface area contributed by atoms with Gasteiger partial charge in [-0.15, -0.1) is 0 Å². The molecule has 2 rings (SSSR count). The minimum atomic E-state index is -0.597. The Labute approximate surface area is 130 Å². The highest BCUT2D eigenvalue weighted by atomic mass is 35.5. The summed E-state index contributed by atoms with van der Waals surface area (Å²) in [4.78, 5) is 0. The summed E-state index contributed by atoms with van der Waals surface area (Å²) in [5.41, 5.74) is 1.96. The fourth-order valence-electron chi connectivity index (χ4n) is 2.34. The van der Waals surface area contributed by atoms with E-state index in [1.54, 1.807) is 18.0 Å². The van der Waals surface area contributed by atoms with Crippen LogP contribution in [0.5, 0.6) is 0 Å². The smallest absolute Gasteiger partial charge is 0.0972 e. The van der Waals surface area contributed by atoms with Crippen molar-refractivity contribution < 1.29 is 9.84 Å². The van der Waals surface area contributed by atoms with Crippen molar-refractivity contribution in [3.63, 3.8) is 0 Å². The normalized spacial score (nSPS) is 12.5. The average Bonchev–Trinajstić information content (AvgIpc) is 2.87. The summed E-state index contributed by atoms with van der Waals surface area (Å²) in [5, 5.41) is 15.1. The Morgan fingerprint density at radius 1 is 1.33 bits per heavy atom. The van der Waals surface area contributed by atoms with Crippen LogP contribution < -0.4 is 0 Å². The topological polar surface area (TPSA) is 47.3 Å². The number of aliphatic hydroxyl groups is 1. The molecule has 1 aromatic carbocycles. The Morgan fingerprint density at radius 2 is 2.10 bits per heavy atom. The summed E-state index contributed by atoms with van der Waals surface area (Å²) in [6.07, 6.45) is 3.49. The second-order valence-corrected chi connectivity index (χ2v) is 5.39. The first-order valence-electron chi connectivity index (χ1n) is 7.14. The highest BCUT2D eigenvalue weighted by molar-refractivity contribution is 6.31. The predicted molar refractivity (Wildman–Crippen MR) is 83.5 cm³/mol. The van der Waals surface area contributed by atoms with Gasteiger partial charge in [0, 0.05) is 7.11 Å². The van der Waals surface area contributed by atoms with Crippen molar-refractivity contribution in [1.82, 2.24) is 9.78 Å². The fourth-order valence-corrected chi connectivity index (χ4v) is 2.61. The van der Waals surface area contributed by atoms with Gasteiger partial charge in [-0.2, -0.15) is 5.10 Å². The Hall–Kier alpha value is -1.36. The van der Waals surface area contributed by atoms with Crippen molar-refractivity contribution in [3.8, 4) is 0 Å². The van der Waals surface area contributed by atoms with Crippen molar-refractivity contribution in [2.24, 2.45) is 0 Å². The predicted octanol–water partition coefficient (Wildman–Crippen LogP) is 3.24. The van der Waals surface area contributed by atoms with Gasteiger partial charge in [-0.3, -0.25) is 4.68 Å². The van der Waals surface area contributed by atoms with Gasteiger partial charge >= 0.3 is 0 Å². The van der Waals surface area contributed by atoms with Crippen LogP contribution in [0.3, 0.4) is 0 Å². The minimum absolute atomic E-state index is 0.512. The van der Waals surface area contributed by atoms with Crippen molar-refractivity contribution in [2.75, 3.05) is 13.7 Å². The Balaban J connectivity index is 1.90. The van der Waals surface area contributed by atoms with Gasteiger partial charge < -0.3 is 9.84 Å². The van der Waals surface area contributed by atoms with E-state index in [2.05, 4.69) is 17.2 Å². The molecule has 1 unspecified atom stereocenters. The number of hydrogen-bond acceptors (Lipinski definition) is 3. The zero-order chi connectivity index (χ0) is 15.1. The Bertz CT molecular complexity index is 542. The molecule has 2 aromatic rings. The highest BCUT2D eigenvalue weighted by Crippen LogP contribution is 2.26. The molecule has 1 atom stereocenters. The number of benzene rings is 1. The van der Waals surface area contributed by atoms with E-state index >= 15 is 0 Å². The molecular formula is C16H21ClN2O2. The average molecular weight is 309 g/mol. The molecule has 0 aliphatic rings. The van der Waals surface area contributed by atoms with Crippen LogP contribution >= 0.6 is 11.6 Å². The number of ether oxygens (including phenoxy) is 1. The lowest BCUT2D eigenvalue weighted by molar-refractivity contribution is 0.144. The van der Waals surface area contributed by atoms with Crippen LogP contribution in [0.15, 0.2) is 36.5 Å². The van der Waals surface area contributed by atoms with Gasteiger partial charge in [-0.1, -0.05) is 41.9 Å². The summed E-state index contributed by atoms with van der Waals surface area (Å²) in [6, 6.07) is 10.3. The number of halogens is 1. The zero-order valence-electron chi connectivity index (χ0n) is 12.2. The number of hydrogen-bond donors (Lipinski definition) is 1. The van der Waals surface area contributed by atoms with Crippen LogP contribution in [0.2, 0.25) is 5.02 Å². The molecule has 0 radical (unpaired) electrons. The van der Waals surface area contributed by atoms with E-state index in [9.17, 15) is 5.11 Å². The molecular weight excluding hydrogens is 288 g/mol. The first-order valence-corrected chi connectivity index (χ1v) is 7.52. The number of aliphatic hydroxyl groups excluding tert-OH is 1. The van der Waals surface area contributed by atoms with E-state index in [0.717, 1.165) is 12.8 Å². The van der Waals surface area contributed by atoms with E-state index in [0.29, 0.717) is 30.3 Å². The van der Waals surface area contributed by atoms with Crippen molar-refractivity contribution in [3.05, 3.63) is 52.8 Å². The molecule has 0 fully saturated rings. The van der Waals surface area contributed by atoms with Gasteiger partial charge in [0.25, 0.3) is 0 Å². The third-order valence-electron chi connectivity index (χ3n) is 3.44. The monoisotopic (exact) mass is 308 g/mol. The summed E-state index contributed by atoms with van der Waals surface area (Å²) in [6.45, 7) is 1.13. The van der Waals surface area contributed by atoms with Gasteiger partial charge in [0.1, 0.15) is 0 Å². The van der Waals surface area contributed by atoms with E-state index in [4.69, 9.17) is 16.3 Å². The first kappa shape index (κ1) is 16.0. The van der Waals surface area contributed by atoms with Crippen LogP contribution in [-0.4, -0.2) is 28.6 Å². The Morgan fingerprint density at radius 3 is 2.81 bits per heavy atom. The van der Waals surface area contributed by atoms with Gasteiger partial charge in [0.05, 0.1) is 36.2 Å². The molecule has 0 bridgehead atoms. The molecule has 0 saturated carbocycles. The first-order chi connectivity index (χ1) is 10.2. The largest absolute Gasteiger partial charge is 0.387 e. The van der Waals surface area contributed by atoms with Crippen molar-refractivity contribution in [2.45, 2.75) is 31.9 Å². The highest BCUT2D eigenvalue weighted by Gasteiger charge is 2.17. The SMILES string of the molecule is COCCn1ncc(Cl)c1C(O)CCCc1ccccc1. The number of nitrogens with zero attached hydrogens (tertiary/aromatic N) is 2. The number of methoxy groups -OCH3 is 1. The van der Waals surface area contributed by atoms with E-state index in [-0.39, 0.29) is 0 Å². The lowest BCUT2D eigenvalue weighted by Crippen LogP contribution is -2.13. The van der Waals surface area contributed by atoms with E-state index < -0.39 is 6.10 Å². The lowest BCUT2D eigenvalue weighted by Gasteiger charge is -2.14. The Kier molecular flexibility index (Phi) is 6.23. The molecule has 0 aliphatic heterocycles. The molecule has 4 nitrogen and oxygen atoms in total. The van der Waals surface area contributed by atoms with Crippen LogP contribution in [0.1, 0.15) is 30.2 Å². The molecule has 0 spiro atoms. The number of rotatable bonds is 8. The summed E-state index contributed by atoms with van der Waals surface area (Å²) in [5.74, 6) is 0. The second kappa shape index (κ2) is 8.17. The third kappa shape index (κ3) is 4.56. The number of aromatic nitrogens is 2. The van der Waals surface area contributed by atoms with Crippen LogP contribution in [0.4, 0.5) is 0 Å². The van der Waals surface area contributed by atoms with Crippen LogP contribution in [0, 0.1) is 0 Å². The van der Waals surface area contributed by atoms with Crippen LogP contribution in [0.25, 0.3) is 0 Å². The maximum atomic E-state index is 10.4. The summed E-state index contributed by atoms with van der Waals surface area (Å²) >= 11 is 6.13. The van der Waals surface area contributed by atoms with E-state index in [1.165, 1.54) is 5.56 Å². The molecule has 5 heteroatoms. The van der Waals surface area contributed by atoms with Gasteiger partial charge in [-0.25, -0.2) is 0 Å². The molecule has 1 aromatic heterocycles. The van der Waals surface area contributed by atoms with Crippen molar-refractivity contribution >= 4 is 11.6 Å². The third-order valence-corrected chi connectivity index (χ3v) is 3.73. The quantitative estimate of drug-likeness (QED) is 0.814. The number of aryl methyl sites for hydroxylation is 1. The van der Waals surface area contributed by atoms with Crippen LogP contribution in [-0.2, 0) is 17.7 Å². The minimum Gasteiger partial charge on any atom is -0.387 e. The van der Waals surface area contributed by atoms with E-state index in [1.807, 2.05) is 18.2 Å². The van der Waals surface area contributed by atoms with Crippen molar-refractivity contribution in [1.29, 1.82) is 0 Å². The van der Waals surface area contributed by atoms with Gasteiger partial charge in [0.15, 0.2) is 0 Å². The molecule has 1 N–H and O–H groups in total. The molecule has 114 valence electrons. The summed E-state index contributed by atoms with van der Waals surface area (Å²) < 4.78 is 6.76. The molecule has 1 heterocycles. The zero-order valence-corrected chi connectivity index (χ0v) is 13.0. The van der Waals surface area contributed by atoms with Gasteiger partial charge in [0.2, 0.25) is 0 Å². The molecule has 21 heavy (non-hydrogen) atoms. The maximum absolute atomic E-state index is 10.4. The standard InChI is InChI=1S/C16H21ClN2O2/c1-21-11-10-19-16(14(17)12-18-19)15(20)9-5-8-13-6-3-2-4-7-13/h2-4,6-7,12,15,20H,5,8-11H2,1H3. The molecule has 0 amide bonds.